The van der Waals surface area contributed by atoms with Gasteiger partial charge >= 0.3 is 11.9 Å². The van der Waals surface area contributed by atoms with Crippen LogP contribution in [0.25, 0.3) is 0 Å². The summed E-state index contributed by atoms with van der Waals surface area (Å²) >= 11 is 0. The second-order valence-corrected chi connectivity index (χ2v) is 10.2. The van der Waals surface area contributed by atoms with E-state index in [0.717, 1.165) is 6.42 Å². The normalized spacial score (nSPS) is 48.3. The standard InChI is InChI=1S/C23H32O9/c1-22-11-23(2)19(30-18(22)7-4-12(24)15(32-22)9-20(25)27-3)8-16-14(31-23)6-5-13-17(28-16)10-21(26)29-13/h13-19H,4-11H2,1-3H3/t13-,14+,15-,16-,17+,18-,19+,22+,23-/m0/s1. The fraction of sp³-hybridized carbons (Fsp3) is 0.870. The van der Waals surface area contributed by atoms with Gasteiger partial charge in [0, 0.05) is 19.3 Å². The summed E-state index contributed by atoms with van der Waals surface area (Å²) in [5.74, 6) is -0.773. The Bertz CT molecular complexity index is 798. The zero-order valence-corrected chi connectivity index (χ0v) is 18.9. The Labute approximate surface area is 187 Å². The predicted molar refractivity (Wildman–Crippen MR) is 108 cm³/mol. The van der Waals surface area contributed by atoms with Crippen molar-refractivity contribution >= 4 is 17.7 Å². The molecule has 5 aliphatic rings. The number of fused-ring (bicyclic) bond motifs is 4. The van der Waals surface area contributed by atoms with Gasteiger partial charge in [0.05, 0.1) is 55.6 Å². The molecule has 0 N–H and O–H groups in total. The number of carbonyl (C=O) groups is 3. The molecule has 0 unspecified atom stereocenters. The van der Waals surface area contributed by atoms with Crippen molar-refractivity contribution in [1.82, 2.24) is 0 Å². The van der Waals surface area contributed by atoms with E-state index in [0.29, 0.717) is 25.7 Å². The molecule has 5 heterocycles. The number of methoxy groups -OCH3 is 1. The first-order chi connectivity index (χ1) is 15.2. The molecule has 32 heavy (non-hydrogen) atoms. The monoisotopic (exact) mass is 452 g/mol. The van der Waals surface area contributed by atoms with Crippen LogP contribution in [0, 0.1) is 0 Å². The van der Waals surface area contributed by atoms with Gasteiger partial charge in [-0.1, -0.05) is 0 Å². The summed E-state index contributed by atoms with van der Waals surface area (Å²) in [5.41, 5.74) is -1.38. The Kier molecular flexibility index (Phi) is 5.59. The highest BCUT2D eigenvalue weighted by Gasteiger charge is 2.60. The molecule has 9 atom stereocenters. The van der Waals surface area contributed by atoms with Crippen LogP contribution in [-0.2, 0) is 42.8 Å². The highest BCUT2D eigenvalue weighted by Crippen LogP contribution is 2.50. The van der Waals surface area contributed by atoms with Crippen LogP contribution in [0.4, 0.5) is 0 Å². The van der Waals surface area contributed by atoms with E-state index in [2.05, 4.69) is 0 Å². The first-order valence-corrected chi connectivity index (χ1v) is 11.6. The van der Waals surface area contributed by atoms with Gasteiger partial charge < -0.3 is 28.4 Å². The summed E-state index contributed by atoms with van der Waals surface area (Å²) in [6, 6.07) is 0. The molecule has 5 fully saturated rings. The third-order valence-electron chi connectivity index (χ3n) is 7.83. The minimum atomic E-state index is -0.840. The number of carbonyl (C=O) groups excluding carboxylic acids is 3. The van der Waals surface area contributed by atoms with Crippen molar-refractivity contribution in [2.24, 2.45) is 0 Å². The quantitative estimate of drug-likeness (QED) is 0.578. The Morgan fingerprint density at radius 1 is 0.969 bits per heavy atom. The van der Waals surface area contributed by atoms with Gasteiger partial charge in [0.2, 0.25) is 0 Å². The summed E-state index contributed by atoms with van der Waals surface area (Å²) in [7, 11) is 1.31. The van der Waals surface area contributed by atoms with Crippen LogP contribution in [0.2, 0.25) is 0 Å². The summed E-state index contributed by atoms with van der Waals surface area (Å²) < 4.78 is 35.9. The fourth-order valence-corrected chi connectivity index (χ4v) is 6.23. The third-order valence-corrected chi connectivity index (χ3v) is 7.83. The van der Waals surface area contributed by atoms with Gasteiger partial charge in [-0.05, 0) is 33.1 Å². The van der Waals surface area contributed by atoms with E-state index in [1.165, 1.54) is 7.11 Å². The molecule has 0 aromatic carbocycles. The molecule has 0 radical (unpaired) electrons. The van der Waals surface area contributed by atoms with Crippen molar-refractivity contribution < 1.29 is 42.8 Å². The van der Waals surface area contributed by atoms with Crippen LogP contribution in [0.3, 0.4) is 0 Å². The molecular weight excluding hydrogens is 420 g/mol. The smallest absolute Gasteiger partial charge is 0.308 e. The Balaban J connectivity index is 1.34. The minimum Gasteiger partial charge on any atom is -0.469 e. The lowest BCUT2D eigenvalue weighted by atomic mass is 9.74. The molecule has 9 heteroatoms. The second-order valence-electron chi connectivity index (χ2n) is 10.2. The molecule has 5 aliphatic heterocycles. The molecule has 178 valence electrons. The van der Waals surface area contributed by atoms with Crippen LogP contribution in [0.15, 0.2) is 0 Å². The SMILES string of the molecule is COC(=O)C[C@@H]1O[C@]2(C)C[C@]3(C)O[C@@H]4CC[C@@H]5OC(=O)C[C@H]5O[C@H]4C[C@H]3O[C@H]2CCC1=O. The van der Waals surface area contributed by atoms with E-state index in [1.807, 2.05) is 13.8 Å². The minimum absolute atomic E-state index is 0.0985. The maximum atomic E-state index is 12.6. The van der Waals surface area contributed by atoms with E-state index < -0.39 is 23.3 Å². The van der Waals surface area contributed by atoms with Crippen LogP contribution in [-0.4, -0.2) is 78.8 Å². The highest BCUT2D eigenvalue weighted by atomic mass is 16.6. The van der Waals surface area contributed by atoms with E-state index in [4.69, 9.17) is 28.4 Å². The molecule has 0 aromatic rings. The molecule has 0 amide bonds. The predicted octanol–water partition coefficient (Wildman–Crippen LogP) is 1.62. The van der Waals surface area contributed by atoms with Crippen molar-refractivity contribution in [1.29, 1.82) is 0 Å². The highest BCUT2D eigenvalue weighted by molar-refractivity contribution is 5.87. The van der Waals surface area contributed by atoms with Gasteiger partial charge in [-0.25, -0.2) is 0 Å². The number of Topliss-reactive ketones (excluding diaryl/α,β-unsaturated/α-hetero) is 1. The van der Waals surface area contributed by atoms with Crippen LogP contribution < -0.4 is 0 Å². The summed E-state index contributed by atoms with van der Waals surface area (Å²) in [5, 5.41) is 0. The van der Waals surface area contributed by atoms with Crippen LogP contribution in [0.1, 0.15) is 65.2 Å². The number of rotatable bonds is 2. The van der Waals surface area contributed by atoms with Gasteiger partial charge in [-0.3, -0.25) is 14.4 Å². The van der Waals surface area contributed by atoms with Crippen LogP contribution >= 0.6 is 0 Å². The fourth-order valence-electron chi connectivity index (χ4n) is 6.23. The van der Waals surface area contributed by atoms with Crippen molar-refractivity contribution in [2.75, 3.05) is 7.11 Å². The zero-order valence-electron chi connectivity index (χ0n) is 18.9. The lowest BCUT2D eigenvalue weighted by Crippen LogP contribution is -2.66. The zero-order chi connectivity index (χ0) is 22.7. The Hall–Kier alpha value is -1.55. The maximum absolute atomic E-state index is 12.6. The van der Waals surface area contributed by atoms with E-state index in [1.54, 1.807) is 0 Å². The topological polar surface area (TPSA) is 107 Å². The second kappa shape index (κ2) is 8.04. The Morgan fingerprint density at radius 3 is 2.50 bits per heavy atom. The van der Waals surface area contributed by atoms with Gasteiger partial charge in [0.15, 0.2) is 5.78 Å². The van der Waals surface area contributed by atoms with Crippen molar-refractivity contribution in [3.8, 4) is 0 Å². The molecule has 5 rings (SSSR count). The lowest BCUT2D eigenvalue weighted by molar-refractivity contribution is -0.319. The first-order valence-electron chi connectivity index (χ1n) is 11.6. The van der Waals surface area contributed by atoms with Gasteiger partial charge in [0.25, 0.3) is 0 Å². The summed E-state index contributed by atoms with van der Waals surface area (Å²) in [6.45, 7) is 3.98. The van der Waals surface area contributed by atoms with Gasteiger partial charge in [-0.2, -0.15) is 0 Å². The third kappa shape index (κ3) is 3.87. The van der Waals surface area contributed by atoms with Crippen LogP contribution in [0.5, 0.6) is 0 Å². The van der Waals surface area contributed by atoms with E-state index in [9.17, 15) is 14.4 Å². The number of hydrogen-bond donors (Lipinski definition) is 0. The number of ether oxygens (including phenoxy) is 6. The molecule has 0 saturated carbocycles. The largest absolute Gasteiger partial charge is 0.469 e. The Morgan fingerprint density at radius 2 is 1.72 bits per heavy atom. The molecule has 0 aromatic heterocycles. The van der Waals surface area contributed by atoms with Crippen molar-refractivity contribution in [3.05, 3.63) is 0 Å². The number of hydrogen-bond acceptors (Lipinski definition) is 9. The molecule has 5 saturated heterocycles. The molecule has 0 aliphatic carbocycles. The van der Waals surface area contributed by atoms with Crippen molar-refractivity contribution in [2.45, 2.75) is 119 Å². The lowest BCUT2D eigenvalue weighted by Gasteiger charge is -2.57. The maximum Gasteiger partial charge on any atom is 0.308 e. The average Bonchev–Trinajstić information content (AvgIpc) is 2.94. The van der Waals surface area contributed by atoms with E-state index >= 15 is 0 Å². The van der Waals surface area contributed by atoms with Gasteiger partial charge in [0.1, 0.15) is 18.3 Å². The average molecular weight is 453 g/mol. The van der Waals surface area contributed by atoms with E-state index in [-0.39, 0.29) is 67.6 Å². The number of ketones is 1. The molecule has 0 spiro atoms. The molecule has 0 bridgehead atoms. The molecule has 9 nitrogen and oxygen atoms in total. The summed E-state index contributed by atoms with van der Waals surface area (Å²) in [4.78, 5) is 36.2. The first kappa shape index (κ1) is 22.3. The molecular formula is C23H32O9. The van der Waals surface area contributed by atoms with Gasteiger partial charge in [-0.15, -0.1) is 0 Å². The summed E-state index contributed by atoms with van der Waals surface area (Å²) in [6.07, 6.45) is 1.61. The number of esters is 2. The van der Waals surface area contributed by atoms with Crippen molar-refractivity contribution in [3.63, 3.8) is 0 Å².